The van der Waals surface area contributed by atoms with Crippen LogP contribution in [0.2, 0.25) is 5.28 Å². The van der Waals surface area contributed by atoms with E-state index in [1.54, 1.807) is 12.1 Å². The molecule has 0 spiro atoms. The highest BCUT2D eigenvalue weighted by Crippen LogP contribution is 2.27. The van der Waals surface area contributed by atoms with Crippen LogP contribution < -0.4 is 15.8 Å². The quantitative estimate of drug-likeness (QED) is 0.502. The standard InChI is InChI=1S/C11H8ClN5O4/c12-10-14-5-8(17(19)20)9(16-10)15-6-2-1-3-7(4-6)21-11(13)18/h1-5H,(H2,13,18)(H,14,15,16). The highest BCUT2D eigenvalue weighted by Gasteiger charge is 2.17. The lowest BCUT2D eigenvalue weighted by molar-refractivity contribution is -0.384. The Morgan fingerprint density at radius 1 is 1.48 bits per heavy atom. The van der Waals surface area contributed by atoms with Gasteiger partial charge in [0.25, 0.3) is 0 Å². The first-order valence-corrected chi connectivity index (χ1v) is 5.85. The number of amides is 1. The zero-order chi connectivity index (χ0) is 15.4. The van der Waals surface area contributed by atoms with Crippen LogP contribution in [0.15, 0.2) is 30.5 Å². The number of rotatable bonds is 4. The van der Waals surface area contributed by atoms with Crippen LogP contribution in [0.5, 0.6) is 5.75 Å². The zero-order valence-corrected chi connectivity index (χ0v) is 11.1. The Morgan fingerprint density at radius 3 is 2.90 bits per heavy atom. The molecule has 2 rings (SSSR count). The first kappa shape index (κ1) is 14.5. The summed E-state index contributed by atoms with van der Waals surface area (Å²) < 4.78 is 4.70. The van der Waals surface area contributed by atoms with Crippen LogP contribution in [0, 0.1) is 10.1 Å². The normalized spacial score (nSPS) is 9.95. The van der Waals surface area contributed by atoms with Crippen molar-refractivity contribution >= 4 is 34.9 Å². The summed E-state index contributed by atoms with van der Waals surface area (Å²) in [6, 6.07) is 6.07. The topological polar surface area (TPSA) is 133 Å². The molecule has 3 N–H and O–H groups in total. The van der Waals surface area contributed by atoms with E-state index in [2.05, 4.69) is 15.3 Å². The average Bonchev–Trinajstić information content (AvgIpc) is 2.38. The van der Waals surface area contributed by atoms with E-state index in [-0.39, 0.29) is 22.5 Å². The van der Waals surface area contributed by atoms with E-state index in [0.717, 1.165) is 6.20 Å². The summed E-state index contributed by atoms with van der Waals surface area (Å²) in [4.78, 5) is 28.2. The Labute approximate surface area is 122 Å². The van der Waals surface area contributed by atoms with Gasteiger partial charge in [0.2, 0.25) is 11.1 Å². The van der Waals surface area contributed by atoms with Gasteiger partial charge in [-0.15, -0.1) is 0 Å². The number of carbonyl (C=O) groups excluding carboxylic acids is 1. The van der Waals surface area contributed by atoms with Gasteiger partial charge < -0.3 is 15.8 Å². The molecule has 0 aliphatic carbocycles. The van der Waals surface area contributed by atoms with Gasteiger partial charge in [-0.05, 0) is 23.7 Å². The average molecular weight is 310 g/mol. The predicted octanol–water partition coefficient (Wildman–Crippen LogP) is 2.24. The van der Waals surface area contributed by atoms with E-state index in [1.807, 2.05) is 0 Å². The number of nitro groups is 1. The fraction of sp³-hybridized carbons (Fsp3) is 0. The van der Waals surface area contributed by atoms with E-state index in [1.165, 1.54) is 12.1 Å². The number of hydrogen-bond acceptors (Lipinski definition) is 7. The molecule has 1 aromatic heterocycles. The second-order valence-electron chi connectivity index (χ2n) is 3.70. The lowest BCUT2D eigenvalue weighted by Crippen LogP contribution is -2.16. The molecule has 0 bridgehead atoms. The molecule has 1 heterocycles. The number of anilines is 2. The minimum absolute atomic E-state index is 0.0868. The molecular weight excluding hydrogens is 302 g/mol. The van der Waals surface area contributed by atoms with Gasteiger partial charge in [-0.1, -0.05) is 6.07 Å². The maximum absolute atomic E-state index is 10.9. The van der Waals surface area contributed by atoms with Crippen molar-refractivity contribution in [2.75, 3.05) is 5.32 Å². The van der Waals surface area contributed by atoms with Gasteiger partial charge >= 0.3 is 11.8 Å². The third-order valence-electron chi connectivity index (χ3n) is 2.25. The molecule has 108 valence electrons. The molecule has 0 fully saturated rings. The fourth-order valence-electron chi connectivity index (χ4n) is 1.47. The van der Waals surface area contributed by atoms with Crippen molar-refractivity contribution < 1.29 is 14.5 Å². The Balaban J connectivity index is 2.31. The van der Waals surface area contributed by atoms with Gasteiger partial charge in [0, 0.05) is 11.8 Å². The summed E-state index contributed by atoms with van der Waals surface area (Å²) in [6.07, 6.45) is 0.0183. The Kier molecular flexibility index (Phi) is 4.14. The Morgan fingerprint density at radius 2 is 2.24 bits per heavy atom. The second kappa shape index (κ2) is 6.01. The molecule has 0 radical (unpaired) electrons. The number of nitrogens with one attached hydrogen (secondary N) is 1. The molecule has 0 atom stereocenters. The first-order chi connectivity index (χ1) is 9.95. The molecule has 21 heavy (non-hydrogen) atoms. The highest BCUT2D eigenvalue weighted by molar-refractivity contribution is 6.28. The number of aromatic nitrogens is 2. The van der Waals surface area contributed by atoms with Gasteiger partial charge in [0.05, 0.1) is 4.92 Å². The van der Waals surface area contributed by atoms with Crippen molar-refractivity contribution in [2.45, 2.75) is 0 Å². The second-order valence-corrected chi connectivity index (χ2v) is 4.04. The summed E-state index contributed by atoms with van der Waals surface area (Å²) in [7, 11) is 0. The summed E-state index contributed by atoms with van der Waals surface area (Å²) in [5, 5.41) is 13.4. The van der Waals surface area contributed by atoms with Crippen molar-refractivity contribution in [3.8, 4) is 5.75 Å². The predicted molar refractivity (Wildman–Crippen MR) is 73.6 cm³/mol. The minimum atomic E-state index is -0.969. The molecule has 0 unspecified atom stereocenters. The zero-order valence-electron chi connectivity index (χ0n) is 10.3. The van der Waals surface area contributed by atoms with Crippen molar-refractivity contribution in [3.63, 3.8) is 0 Å². The van der Waals surface area contributed by atoms with Crippen LogP contribution in [-0.2, 0) is 0 Å². The van der Waals surface area contributed by atoms with Gasteiger partial charge in [0.15, 0.2) is 0 Å². The maximum Gasteiger partial charge on any atom is 0.409 e. The molecule has 0 aliphatic rings. The molecule has 0 saturated heterocycles. The molecule has 2 aromatic rings. The molecule has 0 saturated carbocycles. The molecule has 0 aliphatic heterocycles. The van der Waals surface area contributed by atoms with Gasteiger partial charge in [-0.2, -0.15) is 4.98 Å². The van der Waals surface area contributed by atoms with E-state index in [9.17, 15) is 14.9 Å². The number of ether oxygens (including phenoxy) is 1. The van der Waals surface area contributed by atoms with Crippen LogP contribution in [-0.4, -0.2) is 21.0 Å². The van der Waals surface area contributed by atoms with Crippen molar-refractivity contribution in [1.29, 1.82) is 0 Å². The highest BCUT2D eigenvalue weighted by atomic mass is 35.5. The number of halogens is 1. The fourth-order valence-corrected chi connectivity index (χ4v) is 1.60. The van der Waals surface area contributed by atoms with Crippen molar-refractivity contribution in [1.82, 2.24) is 9.97 Å². The molecular formula is C11H8ClN5O4. The van der Waals surface area contributed by atoms with Crippen LogP contribution in [0.1, 0.15) is 0 Å². The summed E-state index contributed by atoms with van der Waals surface area (Å²) in [5.41, 5.74) is 4.95. The summed E-state index contributed by atoms with van der Waals surface area (Å²) in [5.74, 6) is 0.0894. The lowest BCUT2D eigenvalue weighted by atomic mass is 10.3. The van der Waals surface area contributed by atoms with Gasteiger partial charge in [-0.25, -0.2) is 9.78 Å². The number of benzene rings is 1. The molecule has 1 aromatic carbocycles. The van der Waals surface area contributed by atoms with E-state index < -0.39 is 11.0 Å². The molecule has 1 amide bonds. The number of hydrogen-bond donors (Lipinski definition) is 2. The third-order valence-corrected chi connectivity index (χ3v) is 2.43. The van der Waals surface area contributed by atoms with Crippen molar-refractivity contribution in [3.05, 3.63) is 45.9 Å². The van der Waals surface area contributed by atoms with Crippen LogP contribution >= 0.6 is 11.6 Å². The summed E-state index contributed by atoms with van der Waals surface area (Å²) in [6.45, 7) is 0. The number of primary amides is 1. The van der Waals surface area contributed by atoms with Crippen LogP contribution in [0.3, 0.4) is 0 Å². The van der Waals surface area contributed by atoms with E-state index in [4.69, 9.17) is 22.1 Å². The SMILES string of the molecule is NC(=O)Oc1cccc(Nc2nc(Cl)ncc2[N+](=O)[O-])c1. The lowest BCUT2D eigenvalue weighted by Gasteiger charge is -2.07. The smallest absolute Gasteiger partial charge is 0.409 e. The Bertz CT molecular complexity index is 709. The summed E-state index contributed by atoms with van der Waals surface area (Å²) >= 11 is 5.62. The van der Waals surface area contributed by atoms with E-state index >= 15 is 0 Å². The number of carbonyl (C=O) groups is 1. The Hall–Kier alpha value is -2.94. The monoisotopic (exact) mass is 309 g/mol. The van der Waals surface area contributed by atoms with Crippen LogP contribution in [0.25, 0.3) is 0 Å². The van der Waals surface area contributed by atoms with Gasteiger partial charge in [-0.3, -0.25) is 10.1 Å². The van der Waals surface area contributed by atoms with Gasteiger partial charge in [0.1, 0.15) is 11.9 Å². The largest absolute Gasteiger partial charge is 0.410 e. The molecule has 10 heteroatoms. The third kappa shape index (κ3) is 3.76. The first-order valence-electron chi connectivity index (χ1n) is 5.47. The maximum atomic E-state index is 10.9. The van der Waals surface area contributed by atoms with E-state index in [0.29, 0.717) is 5.69 Å². The van der Waals surface area contributed by atoms with Crippen LogP contribution in [0.4, 0.5) is 22.0 Å². The molecule has 9 nitrogen and oxygen atoms in total. The van der Waals surface area contributed by atoms with Crippen molar-refractivity contribution in [2.24, 2.45) is 5.73 Å². The minimum Gasteiger partial charge on any atom is -0.410 e. The number of nitrogens with two attached hydrogens (primary N) is 1. The number of nitrogens with zero attached hydrogens (tertiary/aromatic N) is 3.